The van der Waals surface area contributed by atoms with Crippen molar-refractivity contribution in [2.24, 2.45) is 0 Å². The molecule has 1 aromatic carbocycles. The zero-order valence-electron chi connectivity index (χ0n) is 9.98. The van der Waals surface area contributed by atoms with Crippen LogP contribution < -0.4 is 4.74 Å². The molecule has 1 heterocycles. The molecule has 1 unspecified atom stereocenters. The van der Waals surface area contributed by atoms with Gasteiger partial charge in [-0.2, -0.15) is 0 Å². The third-order valence-corrected chi connectivity index (χ3v) is 4.63. The van der Waals surface area contributed by atoms with Crippen LogP contribution in [-0.2, 0) is 16.4 Å². The highest BCUT2D eigenvalue weighted by atomic mass is 32.2. The van der Waals surface area contributed by atoms with E-state index in [0.717, 1.165) is 0 Å². The SMILES string of the molecule is O=[N+]([O-])c1ccc(CO)cc1OC1CCS(=O)(=O)C1. The van der Waals surface area contributed by atoms with Crippen molar-refractivity contribution in [2.45, 2.75) is 19.1 Å². The average Bonchev–Trinajstić information content (AvgIpc) is 2.68. The van der Waals surface area contributed by atoms with E-state index in [2.05, 4.69) is 0 Å². The molecule has 19 heavy (non-hydrogen) atoms. The number of hydrogen-bond donors (Lipinski definition) is 1. The maximum atomic E-state index is 11.3. The fourth-order valence-electron chi connectivity index (χ4n) is 1.94. The molecule has 0 aromatic heterocycles. The van der Waals surface area contributed by atoms with Gasteiger partial charge in [0.05, 0.1) is 23.0 Å². The summed E-state index contributed by atoms with van der Waals surface area (Å²) in [5, 5.41) is 19.9. The summed E-state index contributed by atoms with van der Waals surface area (Å²) in [5.41, 5.74) is 0.239. The first-order valence-electron chi connectivity index (χ1n) is 5.66. The predicted octanol–water partition coefficient (Wildman–Crippen LogP) is 0.653. The number of nitro groups is 1. The lowest BCUT2D eigenvalue weighted by Gasteiger charge is -2.12. The molecule has 1 aliphatic rings. The Morgan fingerprint density at radius 1 is 1.47 bits per heavy atom. The van der Waals surface area contributed by atoms with Gasteiger partial charge in [-0.1, -0.05) is 0 Å². The minimum absolute atomic E-state index is 0.00125. The molecule has 7 nitrogen and oxygen atoms in total. The van der Waals surface area contributed by atoms with Crippen LogP contribution in [0.25, 0.3) is 0 Å². The van der Waals surface area contributed by atoms with Crippen LogP contribution in [-0.4, -0.2) is 36.1 Å². The number of aliphatic hydroxyl groups excluding tert-OH is 1. The van der Waals surface area contributed by atoms with Crippen molar-refractivity contribution >= 4 is 15.5 Å². The topological polar surface area (TPSA) is 107 Å². The van der Waals surface area contributed by atoms with E-state index in [1.54, 1.807) is 0 Å². The first kappa shape index (κ1) is 13.8. The molecule has 1 atom stereocenters. The van der Waals surface area contributed by atoms with E-state index in [0.29, 0.717) is 12.0 Å². The summed E-state index contributed by atoms with van der Waals surface area (Å²) >= 11 is 0. The third-order valence-electron chi connectivity index (χ3n) is 2.89. The van der Waals surface area contributed by atoms with Gasteiger partial charge >= 0.3 is 5.69 Å². The van der Waals surface area contributed by atoms with Gasteiger partial charge in [0.1, 0.15) is 6.10 Å². The van der Waals surface area contributed by atoms with Crippen LogP contribution >= 0.6 is 0 Å². The lowest BCUT2D eigenvalue weighted by molar-refractivity contribution is -0.386. The first-order chi connectivity index (χ1) is 8.91. The number of sulfone groups is 1. The molecule has 1 saturated heterocycles. The van der Waals surface area contributed by atoms with E-state index in [9.17, 15) is 18.5 Å². The Bertz CT molecular complexity index is 597. The zero-order valence-corrected chi connectivity index (χ0v) is 10.8. The summed E-state index contributed by atoms with van der Waals surface area (Å²) < 4.78 is 28.1. The van der Waals surface area contributed by atoms with Gasteiger partial charge in [-0.05, 0) is 24.1 Å². The highest BCUT2D eigenvalue weighted by molar-refractivity contribution is 7.91. The van der Waals surface area contributed by atoms with E-state index < -0.39 is 20.9 Å². The molecule has 0 saturated carbocycles. The molecule has 1 aromatic rings. The van der Waals surface area contributed by atoms with Crippen LogP contribution in [0.15, 0.2) is 18.2 Å². The minimum Gasteiger partial charge on any atom is -0.482 e. The summed E-state index contributed by atoms with van der Waals surface area (Å²) in [6.45, 7) is -0.267. The summed E-state index contributed by atoms with van der Waals surface area (Å²) in [7, 11) is -3.11. The third kappa shape index (κ3) is 3.21. The number of nitrogens with zero attached hydrogens (tertiary/aromatic N) is 1. The molecule has 0 bridgehead atoms. The van der Waals surface area contributed by atoms with E-state index in [-0.39, 0.29) is 29.5 Å². The molecule has 1 aliphatic heterocycles. The van der Waals surface area contributed by atoms with Crippen LogP contribution in [0.5, 0.6) is 5.75 Å². The Morgan fingerprint density at radius 2 is 2.21 bits per heavy atom. The number of benzene rings is 1. The number of nitro benzene ring substituents is 1. The molecule has 0 radical (unpaired) electrons. The summed E-state index contributed by atoms with van der Waals surface area (Å²) in [5.74, 6) is -0.0998. The molecular formula is C11H13NO6S. The minimum atomic E-state index is -3.11. The summed E-state index contributed by atoms with van der Waals surface area (Å²) in [6.07, 6.45) is -0.249. The number of ether oxygens (including phenoxy) is 1. The van der Waals surface area contributed by atoms with Crippen molar-refractivity contribution in [3.05, 3.63) is 33.9 Å². The Kier molecular flexibility index (Phi) is 3.72. The van der Waals surface area contributed by atoms with Gasteiger partial charge in [0.25, 0.3) is 0 Å². The van der Waals surface area contributed by atoms with Crippen LogP contribution in [0.2, 0.25) is 0 Å². The zero-order chi connectivity index (χ0) is 14.0. The highest BCUT2D eigenvalue weighted by Crippen LogP contribution is 2.30. The Morgan fingerprint density at radius 3 is 2.74 bits per heavy atom. The molecule has 0 aliphatic carbocycles. The van der Waals surface area contributed by atoms with Crippen LogP contribution in [0, 0.1) is 10.1 Å². The number of rotatable bonds is 4. The Hall–Kier alpha value is -1.67. The van der Waals surface area contributed by atoms with Crippen molar-refractivity contribution < 1.29 is 23.2 Å². The lowest BCUT2D eigenvalue weighted by Crippen LogP contribution is -2.18. The fraction of sp³-hybridized carbons (Fsp3) is 0.455. The second kappa shape index (κ2) is 5.14. The Balaban J connectivity index is 2.25. The fourth-order valence-corrected chi connectivity index (χ4v) is 3.53. The van der Waals surface area contributed by atoms with Crippen LogP contribution in [0.4, 0.5) is 5.69 Å². The summed E-state index contributed by atoms with van der Waals surface area (Å²) in [4.78, 5) is 10.3. The van der Waals surface area contributed by atoms with Gasteiger partial charge in [0.2, 0.25) is 0 Å². The van der Waals surface area contributed by atoms with E-state index >= 15 is 0 Å². The normalized spacial score (nSPS) is 21.2. The molecule has 8 heteroatoms. The largest absolute Gasteiger partial charge is 0.482 e. The lowest BCUT2D eigenvalue weighted by atomic mass is 10.2. The average molecular weight is 287 g/mol. The molecular weight excluding hydrogens is 274 g/mol. The van der Waals surface area contributed by atoms with Crippen LogP contribution in [0.3, 0.4) is 0 Å². The first-order valence-corrected chi connectivity index (χ1v) is 7.48. The quantitative estimate of drug-likeness (QED) is 0.643. The summed E-state index contributed by atoms with van der Waals surface area (Å²) in [6, 6.07) is 4.03. The second-order valence-electron chi connectivity index (χ2n) is 4.36. The van der Waals surface area contributed by atoms with Crippen molar-refractivity contribution in [2.75, 3.05) is 11.5 Å². The van der Waals surface area contributed by atoms with Crippen molar-refractivity contribution in [1.82, 2.24) is 0 Å². The van der Waals surface area contributed by atoms with Crippen LogP contribution in [0.1, 0.15) is 12.0 Å². The van der Waals surface area contributed by atoms with E-state index in [1.165, 1.54) is 18.2 Å². The van der Waals surface area contributed by atoms with Crippen molar-refractivity contribution in [3.8, 4) is 5.75 Å². The molecule has 1 N–H and O–H groups in total. The maximum Gasteiger partial charge on any atom is 0.310 e. The van der Waals surface area contributed by atoms with Gasteiger partial charge in [-0.15, -0.1) is 0 Å². The standard InChI is InChI=1S/C11H13NO6S/c13-6-8-1-2-10(12(14)15)11(5-8)18-9-3-4-19(16,17)7-9/h1-2,5,9,13H,3-4,6-7H2. The van der Waals surface area contributed by atoms with Crippen molar-refractivity contribution in [1.29, 1.82) is 0 Å². The van der Waals surface area contributed by atoms with Gasteiger partial charge in [0, 0.05) is 6.07 Å². The maximum absolute atomic E-state index is 11.3. The number of hydrogen-bond acceptors (Lipinski definition) is 6. The predicted molar refractivity (Wildman–Crippen MR) is 66.7 cm³/mol. The molecule has 104 valence electrons. The molecule has 0 spiro atoms. The van der Waals surface area contributed by atoms with E-state index in [4.69, 9.17) is 9.84 Å². The molecule has 2 rings (SSSR count). The molecule has 1 fully saturated rings. The number of aliphatic hydroxyl groups is 1. The van der Waals surface area contributed by atoms with Crippen molar-refractivity contribution in [3.63, 3.8) is 0 Å². The van der Waals surface area contributed by atoms with Gasteiger partial charge < -0.3 is 9.84 Å². The molecule has 0 amide bonds. The Labute approximate surface area is 109 Å². The second-order valence-corrected chi connectivity index (χ2v) is 6.59. The monoisotopic (exact) mass is 287 g/mol. The van der Waals surface area contributed by atoms with Gasteiger partial charge in [-0.3, -0.25) is 10.1 Å². The van der Waals surface area contributed by atoms with E-state index in [1.807, 2.05) is 0 Å². The van der Waals surface area contributed by atoms with Gasteiger partial charge in [0.15, 0.2) is 15.6 Å². The smallest absolute Gasteiger partial charge is 0.310 e. The van der Waals surface area contributed by atoms with Gasteiger partial charge in [-0.25, -0.2) is 8.42 Å². The highest BCUT2D eigenvalue weighted by Gasteiger charge is 2.31.